The van der Waals surface area contributed by atoms with Crippen LogP contribution in [0, 0.1) is 5.82 Å². The first-order valence-corrected chi connectivity index (χ1v) is 7.69. The molecule has 2 N–H and O–H groups in total. The number of halogens is 1. The van der Waals surface area contributed by atoms with Crippen molar-refractivity contribution in [2.75, 3.05) is 5.32 Å². The minimum Gasteiger partial charge on any atom is -0.478 e. The molecule has 0 fully saturated rings. The lowest BCUT2D eigenvalue weighted by Gasteiger charge is -2.02. The van der Waals surface area contributed by atoms with Gasteiger partial charge in [-0.05, 0) is 17.7 Å². The van der Waals surface area contributed by atoms with Crippen molar-refractivity contribution in [1.29, 1.82) is 0 Å². The molecule has 0 radical (unpaired) electrons. The zero-order valence-electron chi connectivity index (χ0n) is 13.5. The molecule has 0 saturated carbocycles. The van der Waals surface area contributed by atoms with Gasteiger partial charge in [0.15, 0.2) is 0 Å². The molecule has 3 aromatic rings. The molecule has 0 atom stereocenters. The van der Waals surface area contributed by atoms with Gasteiger partial charge in [-0.15, -0.1) is 5.10 Å². The molecule has 26 heavy (non-hydrogen) atoms. The minimum absolute atomic E-state index is 0.0617. The summed E-state index contributed by atoms with van der Waals surface area (Å²) < 4.78 is 15.8. The fourth-order valence-electron chi connectivity index (χ4n) is 2.20. The Morgan fingerprint density at radius 1 is 1.19 bits per heavy atom. The van der Waals surface area contributed by atoms with Gasteiger partial charge in [-0.2, -0.15) is 5.10 Å². The van der Waals surface area contributed by atoms with Gasteiger partial charge < -0.3 is 5.11 Å². The van der Waals surface area contributed by atoms with Gasteiger partial charge in [0, 0.05) is 19.2 Å². The first-order chi connectivity index (χ1) is 12.5. The van der Waals surface area contributed by atoms with Crippen LogP contribution < -0.4 is 5.32 Å². The largest absolute Gasteiger partial charge is 0.478 e. The highest BCUT2D eigenvalue weighted by molar-refractivity contribution is 5.89. The van der Waals surface area contributed by atoms with E-state index < -0.39 is 5.97 Å². The summed E-state index contributed by atoms with van der Waals surface area (Å²) in [4.78, 5) is 26.7. The molecule has 1 amide bonds. The fourth-order valence-corrected chi connectivity index (χ4v) is 2.20. The van der Waals surface area contributed by atoms with Gasteiger partial charge in [-0.1, -0.05) is 12.1 Å². The maximum absolute atomic E-state index is 12.9. The second-order valence-corrected chi connectivity index (χ2v) is 5.49. The molecule has 0 unspecified atom stereocenters. The monoisotopic (exact) mass is 358 g/mol. The van der Waals surface area contributed by atoms with Gasteiger partial charge in [0.25, 0.3) is 0 Å². The fraction of sp³-hybridized carbons (Fsp3) is 0.188. The van der Waals surface area contributed by atoms with Crippen LogP contribution in [0.2, 0.25) is 0 Å². The lowest BCUT2D eigenvalue weighted by atomic mass is 10.2. The Kier molecular flexibility index (Phi) is 5.02. The Morgan fingerprint density at radius 2 is 1.96 bits per heavy atom. The number of aromatic nitrogens is 5. The van der Waals surface area contributed by atoms with E-state index in [1.807, 2.05) is 0 Å². The molecule has 134 valence electrons. The number of aromatic carboxylic acids is 1. The summed E-state index contributed by atoms with van der Waals surface area (Å²) in [5, 5.41) is 19.4. The maximum atomic E-state index is 12.9. The Bertz CT molecular complexity index is 918. The van der Waals surface area contributed by atoms with Gasteiger partial charge in [-0.3, -0.25) is 14.8 Å². The number of hydrogen-bond acceptors (Lipinski definition) is 5. The van der Waals surface area contributed by atoms with Gasteiger partial charge in [0.05, 0.1) is 18.3 Å². The van der Waals surface area contributed by atoms with Crippen molar-refractivity contribution in [3.05, 3.63) is 59.9 Å². The van der Waals surface area contributed by atoms with Crippen molar-refractivity contribution in [3.8, 4) is 0 Å². The molecule has 3 rings (SSSR count). The second-order valence-electron chi connectivity index (χ2n) is 5.49. The van der Waals surface area contributed by atoms with E-state index in [1.165, 1.54) is 40.2 Å². The molecule has 0 saturated heterocycles. The quantitative estimate of drug-likeness (QED) is 0.659. The number of benzene rings is 1. The van der Waals surface area contributed by atoms with Crippen LogP contribution in [0.1, 0.15) is 22.3 Å². The maximum Gasteiger partial charge on any atom is 0.338 e. The van der Waals surface area contributed by atoms with Crippen LogP contribution in [0.4, 0.5) is 10.3 Å². The number of amides is 1. The number of carbonyl (C=O) groups is 2. The second kappa shape index (κ2) is 7.55. The molecule has 10 heteroatoms. The lowest BCUT2D eigenvalue weighted by Crippen LogP contribution is -2.16. The minimum atomic E-state index is -1.07. The van der Waals surface area contributed by atoms with Crippen LogP contribution in [0.15, 0.2) is 43.0 Å². The number of nitrogens with one attached hydrogen (secondary N) is 1. The molecular weight excluding hydrogens is 343 g/mol. The molecule has 0 spiro atoms. The summed E-state index contributed by atoms with van der Waals surface area (Å²) in [6.07, 6.45) is 4.13. The highest BCUT2D eigenvalue weighted by Crippen LogP contribution is 2.06. The number of aryl methyl sites for hydroxylation is 1. The Hall–Kier alpha value is -3.56. The summed E-state index contributed by atoms with van der Waals surface area (Å²) in [5.74, 6) is -1.55. The third-order valence-corrected chi connectivity index (χ3v) is 3.49. The van der Waals surface area contributed by atoms with Gasteiger partial charge in [-0.25, -0.2) is 18.9 Å². The van der Waals surface area contributed by atoms with E-state index in [0.29, 0.717) is 6.54 Å². The average molecular weight is 358 g/mol. The van der Waals surface area contributed by atoms with E-state index in [9.17, 15) is 14.0 Å². The first-order valence-electron chi connectivity index (χ1n) is 7.69. The summed E-state index contributed by atoms with van der Waals surface area (Å²) in [5.41, 5.74) is 0.911. The molecular formula is C16H15FN6O3. The summed E-state index contributed by atoms with van der Waals surface area (Å²) >= 11 is 0. The predicted octanol–water partition coefficient (Wildman–Crippen LogP) is 1.39. The van der Waals surface area contributed by atoms with Crippen LogP contribution in [-0.4, -0.2) is 41.5 Å². The summed E-state index contributed by atoms with van der Waals surface area (Å²) in [7, 11) is 0. The first kappa shape index (κ1) is 17.3. The Balaban J connectivity index is 1.50. The van der Waals surface area contributed by atoms with E-state index in [1.54, 1.807) is 12.1 Å². The van der Waals surface area contributed by atoms with E-state index in [-0.39, 0.29) is 36.2 Å². The number of nitrogens with zero attached hydrogens (tertiary/aromatic N) is 5. The van der Waals surface area contributed by atoms with Crippen LogP contribution in [0.5, 0.6) is 0 Å². The summed E-state index contributed by atoms with van der Waals surface area (Å²) in [6.45, 7) is 0.629. The smallest absolute Gasteiger partial charge is 0.338 e. The molecule has 0 aliphatic rings. The molecule has 0 aliphatic carbocycles. The van der Waals surface area contributed by atoms with Crippen LogP contribution in [-0.2, 0) is 17.9 Å². The van der Waals surface area contributed by atoms with E-state index in [2.05, 4.69) is 20.5 Å². The average Bonchev–Trinajstić information content (AvgIpc) is 3.25. The van der Waals surface area contributed by atoms with Crippen LogP contribution in [0.25, 0.3) is 0 Å². The molecule has 2 heterocycles. The SMILES string of the molecule is O=C(CCn1cc(C(=O)O)cn1)Nc1ncn(Cc2ccc(F)cc2)n1. The highest BCUT2D eigenvalue weighted by Gasteiger charge is 2.09. The van der Waals surface area contributed by atoms with Crippen molar-refractivity contribution in [3.63, 3.8) is 0 Å². The molecule has 2 aromatic heterocycles. The van der Waals surface area contributed by atoms with Crippen molar-refractivity contribution >= 4 is 17.8 Å². The normalized spacial score (nSPS) is 10.7. The van der Waals surface area contributed by atoms with E-state index >= 15 is 0 Å². The van der Waals surface area contributed by atoms with Crippen molar-refractivity contribution in [2.24, 2.45) is 0 Å². The molecule has 9 nitrogen and oxygen atoms in total. The van der Waals surface area contributed by atoms with Crippen molar-refractivity contribution in [2.45, 2.75) is 19.5 Å². The van der Waals surface area contributed by atoms with Crippen LogP contribution >= 0.6 is 0 Å². The number of hydrogen-bond donors (Lipinski definition) is 2. The van der Waals surface area contributed by atoms with Crippen molar-refractivity contribution in [1.82, 2.24) is 24.5 Å². The number of carboxylic acid groups (broad SMARTS) is 1. The topological polar surface area (TPSA) is 115 Å². The number of carboxylic acids is 1. The summed E-state index contributed by atoms with van der Waals surface area (Å²) in [6, 6.07) is 6.01. The number of anilines is 1. The lowest BCUT2D eigenvalue weighted by molar-refractivity contribution is -0.116. The Morgan fingerprint density at radius 3 is 2.65 bits per heavy atom. The van der Waals surface area contributed by atoms with Crippen LogP contribution in [0.3, 0.4) is 0 Å². The third-order valence-electron chi connectivity index (χ3n) is 3.49. The standard InChI is InChI=1S/C16H15FN6O3/c17-13-3-1-11(2-4-13)8-23-10-18-16(21-23)20-14(24)5-6-22-9-12(7-19-22)15(25)26/h1-4,7,9-10H,5-6,8H2,(H,25,26)(H,20,21,24). The van der Waals surface area contributed by atoms with Gasteiger partial charge >= 0.3 is 5.97 Å². The van der Waals surface area contributed by atoms with E-state index in [4.69, 9.17) is 5.11 Å². The number of carbonyl (C=O) groups excluding carboxylic acids is 1. The zero-order chi connectivity index (χ0) is 18.5. The molecule has 1 aromatic carbocycles. The predicted molar refractivity (Wildman–Crippen MR) is 88.0 cm³/mol. The highest BCUT2D eigenvalue weighted by atomic mass is 19.1. The zero-order valence-corrected chi connectivity index (χ0v) is 13.5. The van der Waals surface area contributed by atoms with Gasteiger partial charge in [0.1, 0.15) is 12.1 Å². The van der Waals surface area contributed by atoms with Gasteiger partial charge in [0.2, 0.25) is 11.9 Å². The third kappa shape index (κ3) is 4.50. The molecule has 0 aliphatic heterocycles. The van der Waals surface area contributed by atoms with E-state index in [0.717, 1.165) is 5.56 Å². The molecule has 0 bridgehead atoms. The Labute approximate surface area is 147 Å². The van der Waals surface area contributed by atoms with Crippen molar-refractivity contribution < 1.29 is 19.1 Å². The number of rotatable bonds is 7.